The molecular formula is C19H20F2N4O5S. The van der Waals surface area contributed by atoms with E-state index in [2.05, 4.69) is 5.32 Å². The van der Waals surface area contributed by atoms with Crippen molar-refractivity contribution in [3.05, 3.63) is 64.2 Å². The van der Waals surface area contributed by atoms with E-state index in [1.165, 1.54) is 23.1 Å². The maximum Gasteiger partial charge on any atom is 0.292 e. The lowest BCUT2D eigenvalue weighted by Crippen LogP contribution is -2.50. The van der Waals surface area contributed by atoms with Crippen LogP contribution in [-0.2, 0) is 14.8 Å². The van der Waals surface area contributed by atoms with Gasteiger partial charge in [-0.15, -0.1) is 0 Å². The summed E-state index contributed by atoms with van der Waals surface area (Å²) < 4.78 is 54.0. The van der Waals surface area contributed by atoms with Gasteiger partial charge in [0.25, 0.3) is 5.69 Å². The first kappa shape index (κ1) is 22.6. The quantitative estimate of drug-likeness (QED) is 0.507. The van der Waals surface area contributed by atoms with Crippen LogP contribution in [0.25, 0.3) is 0 Å². The summed E-state index contributed by atoms with van der Waals surface area (Å²) in [7, 11) is -4.37. The third kappa shape index (κ3) is 4.97. The highest BCUT2D eigenvalue weighted by Crippen LogP contribution is 2.24. The van der Waals surface area contributed by atoms with Crippen molar-refractivity contribution in [2.45, 2.75) is 11.3 Å². The second-order valence-corrected chi connectivity index (χ2v) is 8.66. The van der Waals surface area contributed by atoms with E-state index in [0.717, 1.165) is 22.5 Å². The van der Waals surface area contributed by atoms with E-state index < -0.39 is 31.5 Å². The molecule has 0 spiro atoms. The van der Waals surface area contributed by atoms with Gasteiger partial charge in [-0.05, 0) is 18.2 Å². The zero-order chi connectivity index (χ0) is 22.6. The highest BCUT2D eigenvalue weighted by molar-refractivity contribution is 7.89. The highest BCUT2D eigenvalue weighted by atomic mass is 32.2. The number of amides is 1. The number of rotatable bonds is 7. The second-order valence-electron chi connectivity index (χ2n) is 6.79. The van der Waals surface area contributed by atoms with Gasteiger partial charge >= 0.3 is 0 Å². The molecule has 2 aromatic rings. The molecule has 1 saturated heterocycles. The van der Waals surface area contributed by atoms with Crippen LogP contribution in [0.15, 0.2) is 47.4 Å². The van der Waals surface area contributed by atoms with Crippen molar-refractivity contribution in [1.82, 2.24) is 9.21 Å². The maximum absolute atomic E-state index is 13.9. The molecule has 12 heteroatoms. The van der Waals surface area contributed by atoms with Crippen LogP contribution in [0.1, 0.15) is 6.42 Å². The fraction of sp³-hybridized carbons (Fsp3) is 0.316. The Kier molecular flexibility index (Phi) is 6.81. The van der Waals surface area contributed by atoms with Gasteiger partial charge in [0.1, 0.15) is 17.3 Å². The van der Waals surface area contributed by atoms with Gasteiger partial charge in [-0.1, -0.05) is 18.2 Å². The van der Waals surface area contributed by atoms with Crippen LogP contribution in [0, 0.1) is 21.7 Å². The van der Waals surface area contributed by atoms with Crippen LogP contribution < -0.4 is 5.32 Å². The summed E-state index contributed by atoms with van der Waals surface area (Å²) in [6.07, 6.45) is 0.0424. The molecule has 1 aliphatic heterocycles. The van der Waals surface area contributed by atoms with Crippen molar-refractivity contribution in [2.24, 2.45) is 0 Å². The number of para-hydroxylation sites is 2. The molecule has 0 unspecified atom stereocenters. The standard InChI is InChI=1S/C19H20F2N4O5S/c20-14-4-3-5-15(21)19(14)31(29,30)24-12-10-23(11-13-24)18(26)8-9-22-16-6-1-2-7-17(16)25(27)28/h1-7,22H,8-13H2. The predicted molar refractivity (Wildman–Crippen MR) is 108 cm³/mol. The summed E-state index contributed by atoms with van der Waals surface area (Å²) in [6.45, 7) is 0.0980. The molecule has 0 radical (unpaired) electrons. The third-order valence-corrected chi connectivity index (χ3v) is 6.81. The SMILES string of the molecule is O=C(CCNc1ccccc1[N+](=O)[O-])N1CCN(S(=O)(=O)c2c(F)cccc2F)CC1. The Labute approximate surface area is 177 Å². The molecule has 0 atom stereocenters. The highest BCUT2D eigenvalue weighted by Gasteiger charge is 2.33. The molecule has 0 saturated carbocycles. The molecule has 31 heavy (non-hydrogen) atoms. The van der Waals surface area contributed by atoms with Crippen LogP contribution in [0.2, 0.25) is 0 Å². The minimum absolute atomic E-state index is 0.0424. The number of hydrogen-bond donors (Lipinski definition) is 1. The Hall–Kier alpha value is -3.12. The molecule has 0 aromatic heterocycles. The van der Waals surface area contributed by atoms with Crippen molar-refractivity contribution in [3.63, 3.8) is 0 Å². The largest absolute Gasteiger partial charge is 0.379 e. The second kappa shape index (κ2) is 9.35. The van der Waals surface area contributed by atoms with Crippen molar-refractivity contribution in [2.75, 3.05) is 38.0 Å². The number of anilines is 1. The summed E-state index contributed by atoms with van der Waals surface area (Å²) in [6, 6.07) is 8.89. The lowest BCUT2D eigenvalue weighted by molar-refractivity contribution is -0.384. The molecule has 0 bridgehead atoms. The van der Waals surface area contributed by atoms with E-state index in [9.17, 15) is 32.1 Å². The molecule has 1 heterocycles. The lowest BCUT2D eigenvalue weighted by atomic mass is 10.2. The number of nitro benzene ring substituents is 1. The number of carbonyl (C=O) groups is 1. The fourth-order valence-corrected chi connectivity index (χ4v) is 4.81. The Morgan fingerprint density at radius 2 is 1.65 bits per heavy atom. The number of piperazine rings is 1. The van der Waals surface area contributed by atoms with Gasteiger partial charge in [0.05, 0.1) is 4.92 Å². The maximum atomic E-state index is 13.9. The van der Waals surface area contributed by atoms with Gasteiger partial charge in [-0.25, -0.2) is 17.2 Å². The van der Waals surface area contributed by atoms with Gasteiger partial charge < -0.3 is 10.2 Å². The summed E-state index contributed by atoms with van der Waals surface area (Å²) in [5.74, 6) is -2.60. The molecule has 9 nitrogen and oxygen atoms in total. The van der Waals surface area contributed by atoms with E-state index in [0.29, 0.717) is 5.69 Å². The zero-order valence-electron chi connectivity index (χ0n) is 16.3. The Balaban J connectivity index is 1.55. The van der Waals surface area contributed by atoms with Gasteiger partial charge in [0.15, 0.2) is 4.90 Å². The van der Waals surface area contributed by atoms with Crippen LogP contribution in [0.5, 0.6) is 0 Å². The van der Waals surface area contributed by atoms with Gasteiger partial charge in [-0.2, -0.15) is 4.31 Å². The fourth-order valence-electron chi connectivity index (χ4n) is 3.28. The molecule has 1 aliphatic rings. The number of hydrogen-bond acceptors (Lipinski definition) is 6. The number of nitrogens with one attached hydrogen (secondary N) is 1. The van der Waals surface area contributed by atoms with Gasteiger partial charge in [0, 0.05) is 45.2 Å². The molecule has 2 aromatic carbocycles. The van der Waals surface area contributed by atoms with Crippen molar-refractivity contribution < 1.29 is 26.9 Å². The van der Waals surface area contributed by atoms with Crippen LogP contribution >= 0.6 is 0 Å². The Morgan fingerprint density at radius 1 is 1.03 bits per heavy atom. The Bertz CT molecular complexity index is 1070. The topological polar surface area (TPSA) is 113 Å². The number of nitro groups is 1. The normalized spacial score (nSPS) is 15.0. The summed E-state index contributed by atoms with van der Waals surface area (Å²) in [4.78, 5) is 23.3. The first-order valence-corrected chi connectivity index (χ1v) is 10.8. The van der Waals surface area contributed by atoms with E-state index in [4.69, 9.17) is 0 Å². The van der Waals surface area contributed by atoms with Crippen molar-refractivity contribution >= 4 is 27.3 Å². The van der Waals surface area contributed by atoms with E-state index in [1.807, 2.05) is 0 Å². The molecular weight excluding hydrogens is 434 g/mol. The Morgan fingerprint density at radius 3 is 2.26 bits per heavy atom. The number of nitrogens with zero attached hydrogens (tertiary/aromatic N) is 3. The number of sulfonamides is 1. The zero-order valence-corrected chi connectivity index (χ0v) is 17.1. The van der Waals surface area contributed by atoms with E-state index in [-0.39, 0.29) is 50.7 Å². The van der Waals surface area contributed by atoms with E-state index in [1.54, 1.807) is 6.07 Å². The molecule has 3 rings (SSSR count). The van der Waals surface area contributed by atoms with Crippen LogP contribution in [0.3, 0.4) is 0 Å². The molecule has 1 amide bonds. The smallest absolute Gasteiger partial charge is 0.292 e. The lowest BCUT2D eigenvalue weighted by Gasteiger charge is -2.34. The van der Waals surface area contributed by atoms with Crippen LogP contribution in [-0.4, -0.2) is 61.2 Å². The number of carbonyl (C=O) groups excluding carboxylic acids is 1. The van der Waals surface area contributed by atoms with Gasteiger partial charge in [-0.3, -0.25) is 14.9 Å². The van der Waals surface area contributed by atoms with Crippen molar-refractivity contribution in [3.8, 4) is 0 Å². The first-order valence-electron chi connectivity index (χ1n) is 9.41. The first-order chi connectivity index (χ1) is 14.7. The van der Waals surface area contributed by atoms with Crippen LogP contribution in [0.4, 0.5) is 20.2 Å². The molecule has 1 N–H and O–H groups in total. The monoisotopic (exact) mass is 454 g/mol. The molecule has 1 fully saturated rings. The summed E-state index contributed by atoms with van der Waals surface area (Å²) in [5.41, 5.74) is 0.192. The van der Waals surface area contributed by atoms with E-state index >= 15 is 0 Å². The van der Waals surface area contributed by atoms with Crippen molar-refractivity contribution in [1.29, 1.82) is 0 Å². The average molecular weight is 454 g/mol. The minimum atomic E-state index is -4.37. The number of halogens is 2. The van der Waals surface area contributed by atoms with Gasteiger partial charge in [0.2, 0.25) is 15.9 Å². The average Bonchev–Trinajstić information content (AvgIpc) is 2.73. The molecule has 0 aliphatic carbocycles. The summed E-state index contributed by atoms with van der Waals surface area (Å²) >= 11 is 0. The minimum Gasteiger partial charge on any atom is -0.379 e. The number of benzene rings is 2. The summed E-state index contributed by atoms with van der Waals surface area (Å²) in [5, 5.41) is 13.9. The molecule has 166 valence electrons. The predicted octanol–water partition coefficient (Wildman–Crippen LogP) is 2.21. The third-order valence-electron chi connectivity index (χ3n) is 4.86.